The second kappa shape index (κ2) is 2.82. The van der Waals surface area contributed by atoms with Gasteiger partial charge in [0.1, 0.15) is 27.6 Å². The van der Waals surface area contributed by atoms with Crippen molar-refractivity contribution in [3.05, 3.63) is 34.3 Å². The Morgan fingerprint density at radius 3 is 3.00 bits per heavy atom. The standard InChI is InChI=1S/C8H3BrFN3/c9-7-2-1-6(10)8-5(3-11)4-12-13(7)8/h1-2,4H. The van der Waals surface area contributed by atoms with E-state index in [0.717, 1.165) is 0 Å². The van der Waals surface area contributed by atoms with Gasteiger partial charge < -0.3 is 0 Å². The minimum atomic E-state index is -0.447. The quantitative estimate of drug-likeness (QED) is 0.661. The van der Waals surface area contributed by atoms with Gasteiger partial charge in [0.25, 0.3) is 0 Å². The van der Waals surface area contributed by atoms with Crippen LogP contribution >= 0.6 is 15.9 Å². The highest BCUT2D eigenvalue weighted by atomic mass is 79.9. The number of nitrogens with zero attached hydrogens (tertiary/aromatic N) is 3. The summed E-state index contributed by atoms with van der Waals surface area (Å²) in [6.45, 7) is 0. The molecule has 13 heavy (non-hydrogen) atoms. The zero-order valence-corrected chi connectivity index (χ0v) is 7.92. The van der Waals surface area contributed by atoms with Crippen LogP contribution in [0.4, 0.5) is 4.39 Å². The molecule has 2 rings (SSSR count). The van der Waals surface area contributed by atoms with E-state index in [9.17, 15) is 4.39 Å². The predicted molar refractivity (Wildman–Crippen MR) is 47.6 cm³/mol. The normalized spacial score (nSPS) is 10.2. The Bertz CT molecular complexity index is 512. The first-order valence-corrected chi connectivity index (χ1v) is 4.25. The molecule has 0 aliphatic heterocycles. The first kappa shape index (κ1) is 8.20. The van der Waals surface area contributed by atoms with E-state index in [1.165, 1.54) is 22.8 Å². The third-order valence-electron chi connectivity index (χ3n) is 1.69. The van der Waals surface area contributed by atoms with Crippen molar-refractivity contribution in [3.63, 3.8) is 0 Å². The topological polar surface area (TPSA) is 41.1 Å². The van der Waals surface area contributed by atoms with Gasteiger partial charge in [0.05, 0.1) is 6.20 Å². The Morgan fingerprint density at radius 1 is 1.54 bits per heavy atom. The molecule has 0 unspecified atom stereocenters. The van der Waals surface area contributed by atoms with Gasteiger partial charge in [0.2, 0.25) is 0 Å². The molecular weight excluding hydrogens is 237 g/mol. The van der Waals surface area contributed by atoms with Gasteiger partial charge in [-0.2, -0.15) is 10.4 Å². The molecule has 0 bridgehead atoms. The monoisotopic (exact) mass is 239 g/mol. The highest BCUT2D eigenvalue weighted by Crippen LogP contribution is 2.19. The second-order valence-corrected chi connectivity index (χ2v) is 3.25. The molecule has 0 saturated heterocycles. The smallest absolute Gasteiger partial charge is 0.150 e. The largest absolute Gasteiger partial charge is 0.222 e. The lowest BCUT2D eigenvalue weighted by Crippen LogP contribution is -1.92. The van der Waals surface area contributed by atoms with Crippen molar-refractivity contribution in [2.45, 2.75) is 0 Å². The van der Waals surface area contributed by atoms with E-state index in [1.54, 1.807) is 0 Å². The van der Waals surface area contributed by atoms with Crippen molar-refractivity contribution < 1.29 is 4.39 Å². The molecule has 0 fully saturated rings. The zero-order chi connectivity index (χ0) is 9.42. The molecule has 0 N–H and O–H groups in total. The summed E-state index contributed by atoms with van der Waals surface area (Å²) < 4.78 is 15.2. The Hall–Kier alpha value is -1.41. The lowest BCUT2D eigenvalue weighted by molar-refractivity contribution is 0.629. The van der Waals surface area contributed by atoms with Crippen LogP contribution in [0.2, 0.25) is 0 Å². The summed E-state index contributed by atoms with van der Waals surface area (Å²) in [4.78, 5) is 0. The van der Waals surface area contributed by atoms with E-state index in [2.05, 4.69) is 21.0 Å². The Morgan fingerprint density at radius 2 is 2.31 bits per heavy atom. The third-order valence-corrected chi connectivity index (χ3v) is 2.29. The van der Waals surface area contributed by atoms with Gasteiger partial charge in [-0.3, -0.25) is 0 Å². The third kappa shape index (κ3) is 1.11. The number of hydrogen-bond acceptors (Lipinski definition) is 2. The van der Waals surface area contributed by atoms with Gasteiger partial charge in [-0.05, 0) is 28.1 Å². The van der Waals surface area contributed by atoms with Crippen molar-refractivity contribution in [1.82, 2.24) is 9.61 Å². The zero-order valence-electron chi connectivity index (χ0n) is 6.33. The highest BCUT2D eigenvalue weighted by molar-refractivity contribution is 9.10. The minimum Gasteiger partial charge on any atom is -0.222 e. The fraction of sp³-hybridized carbons (Fsp3) is 0. The number of halogens is 2. The summed E-state index contributed by atoms with van der Waals surface area (Å²) in [5.41, 5.74) is 0.440. The van der Waals surface area contributed by atoms with E-state index < -0.39 is 5.82 Å². The molecule has 0 spiro atoms. The maximum atomic E-state index is 13.2. The maximum absolute atomic E-state index is 13.2. The van der Waals surface area contributed by atoms with E-state index in [4.69, 9.17) is 5.26 Å². The van der Waals surface area contributed by atoms with Crippen LogP contribution in [0.3, 0.4) is 0 Å². The van der Waals surface area contributed by atoms with E-state index in [0.29, 0.717) is 4.60 Å². The summed E-state index contributed by atoms with van der Waals surface area (Å²) in [7, 11) is 0. The van der Waals surface area contributed by atoms with Crippen molar-refractivity contribution in [2.75, 3.05) is 0 Å². The van der Waals surface area contributed by atoms with Crippen molar-refractivity contribution in [3.8, 4) is 6.07 Å². The summed E-state index contributed by atoms with van der Waals surface area (Å²) in [6.07, 6.45) is 1.34. The van der Waals surface area contributed by atoms with Crippen LogP contribution in [0, 0.1) is 17.1 Å². The molecular formula is C8H3BrFN3. The number of nitriles is 1. The number of hydrogen-bond donors (Lipinski definition) is 0. The minimum absolute atomic E-state index is 0.205. The molecule has 2 aromatic rings. The van der Waals surface area contributed by atoms with Crippen LogP contribution in [0.5, 0.6) is 0 Å². The van der Waals surface area contributed by atoms with Crippen LogP contribution in [-0.4, -0.2) is 9.61 Å². The maximum Gasteiger partial charge on any atom is 0.150 e. The molecule has 2 aromatic heterocycles. The van der Waals surface area contributed by atoms with Gasteiger partial charge in [-0.15, -0.1) is 0 Å². The fourth-order valence-corrected chi connectivity index (χ4v) is 1.51. The van der Waals surface area contributed by atoms with E-state index in [1.807, 2.05) is 6.07 Å². The molecule has 0 amide bonds. The van der Waals surface area contributed by atoms with E-state index in [-0.39, 0.29) is 11.1 Å². The van der Waals surface area contributed by atoms with Crippen LogP contribution in [0.25, 0.3) is 5.52 Å². The SMILES string of the molecule is N#Cc1cnn2c(Br)ccc(F)c12. The first-order chi connectivity index (χ1) is 6.24. The average molecular weight is 240 g/mol. The van der Waals surface area contributed by atoms with Gasteiger partial charge in [-0.1, -0.05) is 0 Å². The van der Waals surface area contributed by atoms with Crippen LogP contribution < -0.4 is 0 Å². The van der Waals surface area contributed by atoms with Crippen LogP contribution in [0.1, 0.15) is 5.56 Å². The lowest BCUT2D eigenvalue weighted by Gasteiger charge is -1.97. The highest BCUT2D eigenvalue weighted by Gasteiger charge is 2.10. The molecule has 2 heterocycles. The van der Waals surface area contributed by atoms with Crippen molar-refractivity contribution in [1.29, 1.82) is 5.26 Å². The molecule has 3 nitrogen and oxygen atoms in total. The average Bonchev–Trinajstić information content (AvgIpc) is 2.56. The van der Waals surface area contributed by atoms with Crippen molar-refractivity contribution in [2.24, 2.45) is 0 Å². The van der Waals surface area contributed by atoms with Crippen LogP contribution in [-0.2, 0) is 0 Å². The number of rotatable bonds is 0. The second-order valence-electron chi connectivity index (χ2n) is 2.43. The molecule has 0 aliphatic rings. The molecule has 64 valence electrons. The number of pyridine rings is 1. The van der Waals surface area contributed by atoms with Crippen LogP contribution in [0.15, 0.2) is 22.9 Å². The summed E-state index contributed by atoms with van der Waals surface area (Å²) >= 11 is 3.20. The summed E-state index contributed by atoms with van der Waals surface area (Å²) in [5, 5.41) is 12.5. The molecule has 0 saturated carbocycles. The summed E-state index contributed by atoms with van der Waals surface area (Å²) in [6, 6.07) is 4.71. The van der Waals surface area contributed by atoms with Crippen molar-refractivity contribution >= 4 is 21.4 Å². The Kier molecular flexibility index (Phi) is 1.78. The van der Waals surface area contributed by atoms with Gasteiger partial charge >= 0.3 is 0 Å². The van der Waals surface area contributed by atoms with E-state index >= 15 is 0 Å². The van der Waals surface area contributed by atoms with Gasteiger partial charge in [-0.25, -0.2) is 8.91 Å². The molecule has 0 aliphatic carbocycles. The van der Waals surface area contributed by atoms with Gasteiger partial charge in [0.15, 0.2) is 0 Å². The molecule has 5 heteroatoms. The lowest BCUT2D eigenvalue weighted by atomic mass is 10.3. The molecule has 0 atom stereocenters. The van der Waals surface area contributed by atoms with Gasteiger partial charge in [0, 0.05) is 0 Å². The first-order valence-electron chi connectivity index (χ1n) is 3.46. The fourth-order valence-electron chi connectivity index (χ4n) is 1.11. The number of fused-ring (bicyclic) bond motifs is 1. The molecule has 0 aromatic carbocycles. The Balaban J connectivity index is 2.98. The summed E-state index contributed by atoms with van der Waals surface area (Å²) in [5.74, 6) is -0.447. The number of aromatic nitrogens is 2. The predicted octanol–water partition coefficient (Wildman–Crippen LogP) is 2.11. The Labute approximate surface area is 81.5 Å². The molecule has 0 radical (unpaired) electrons.